The van der Waals surface area contributed by atoms with E-state index in [0.717, 1.165) is 12.2 Å². The van der Waals surface area contributed by atoms with E-state index >= 15 is 0 Å². The molecule has 27 heavy (non-hydrogen) atoms. The Morgan fingerprint density at radius 2 is 1.41 bits per heavy atom. The highest BCUT2D eigenvalue weighted by Crippen LogP contribution is 2.23. The quantitative estimate of drug-likeness (QED) is 0.344. The third kappa shape index (κ3) is 6.89. The second-order valence-electron chi connectivity index (χ2n) is 7.39. The van der Waals surface area contributed by atoms with E-state index < -0.39 is 0 Å². The van der Waals surface area contributed by atoms with Crippen LogP contribution in [0.1, 0.15) is 71.1 Å². The number of ether oxygens (including phenoxy) is 1. The van der Waals surface area contributed by atoms with Crippen LogP contribution in [0.15, 0.2) is 24.3 Å². The summed E-state index contributed by atoms with van der Waals surface area (Å²) in [7, 11) is 1.63. The van der Waals surface area contributed by atoms with E-state index in [1.54, 1.807) is 19.2 Å². The molecule has 1 heterocycles. The summed E-state index contributed by atoms with van der Waals surface area (Å²) in [4.78, 5) is 26.5. The number of hydrogen-bond donors (Lipinski definition) is 0. The number of benzene rings is 1. The van der Waals surface area contributed by atoms with Crippen molar-refractivity contribution in [1.29, 1.82) is 0 Å². The number of carbonyl (C=O) groups is 2. The Kier molecular flexibility index (Phi) is 9.16. The van der Waals surface area contributed by atoms with Crippen molar-refractivity contribution in [1.82, 2.24) is 4.90 Å². The molecule has 1 aromatic carbocycles. The molecule has 3 amide bonds. The van der Waals surface area contributed by atoms with Crippen molar-refractivity contribution in [2.75, 3.05) is 25.1 Å². The van der Waals surface area contributed by atoms with Crippen LogP contribution in [0.5, 0.6) is 5.75 Å². The maximum Gasteiger partial charge on any atom is 0.331 e. The van der Waals surface area contributed by atoms with Crippen LogP contribution >= 0.6 is 0 Å². The molecular formula is C22H34N2O3. The third-order valence-electron chi connectivity index (χ3n) is 5.00. The fraction of sp³-hybridized carbons (Fsp3) is 0.636. The monoisotopic (exact) mass is 374 g/mol. The second kappa shape index (κ2) is 11.6. The minimum atomic E-state index is -0.279. The normalized spacial score (nSPS) is 14.3. The highest BCUT2D eigenvalue weighted by molar-refractivity contribution is 6.19. The number of anilines is 1. The summed E-state index contributed by atoms with van der Waals surface area (Å²) in [6.07, 6.45) is 13.1. The predicted molar refractivity (Wildman–Crippen MR) is 109 cm³/mol. The van der Waals surface area contributed by atoms with Gasteiger partial charge in [-0.15, -0.1) is 0 Å². The molecule has 1 aliphatic heterocycles. The van der Waals surface area contributed by atoms with Gasteiger partial charge in [0.25, 0.3) is 5.91 Å². The molecule has 1 fully saturated rings. The van der Waals surface area contributed by atoms with Gasteiger partial charge in [0.05, 0.1) is 12.3 Å². The summed E-state index contributed by atoms with van der Waals surface area (Å²) in [5, 5.41) is 0. The van der Waals surface area contributed by atoms with Crippen molar-refractivity contribution in [3.05, 3.63) is 24.3 Å². The van der Waals surface area contributed by atoms with Crippen LogP contribution in [0.2, 0.25) is 0 Å². The van der Waals surface area contributed by atoms with Crippen LogP contribution in [0.25, 0.3) is 0 Å². The summed E-state index contributed by atoms with van der Waals surface area (Å²) < 4.78 is 5.77. The molecule has 0 unspecified atom stereocenters. The summed E-state index contributed by atoms with van der Waals surface area (Å²) in [5.74, 6) is 0.587. The molecule has 5 heteroatoms. The molecule has 0 aromatic heterocycles. The van der Waals surface area contributed by atoms with Gasteiger partial charge in [0.15, 0.2) is 0 Å². The van der Waals surface area contributed by atoms with E-state index in [-0.39, 0.29) is 18.5 Å². The Hall–Kier alpha value is -2.04. The number of rotatable bonds is 13. The lowest BCUT2D eigenvalue weighted by molar-refractivity contribution is -0.116. The maximum atomic E-state index is 12.0. The van der Waals surface area contributed by atoms with Crippen LogP contribution in [-0.2, 0) is 4.79 Å². The highest BCUT2D eigenvalue weighted by Gasteiger charge is 2.34. The zero-order valence-corrected chi connectivity index (χ0v) is 16.9. The average Bonchev–Trinajstić information content (AvgIpc) is 2.92. The molecule has 2 rings (SSSR count). The molecule has 0 aliphatic carbocycles. The predicted octanol–water partition coefficient (Wildman–Crippen LogP) is 5.38. The van der Waals surface area contributed by atoms with Gasteiger partial charge in [-0.2, -0.15) is 0 Å². The summed E-state index contributed by atoms with van der Waals surface area (Å²) in [5.41, 5.74) is 0.598. The number of unbranched alkanes of at least 4 members (excludes halogenated alkanes) is 9. The zero-order valence-electron chi connectivity index (χ0n) is 16.9. The van der Waals surface area contributed by atoms with Gasteiger partial charge in [-0.1, -0.05) is 64.7 Å². The second-order valence-corrected chi connectivity index (χ2v) is 7.39. The van der Waals surface area contributed by atoms with Crippen molar-refractivity contribution >= 4 is 17.6 Å². The smallest absolute Gasteiger partial charge is 0.331 e. The molecule has 150 valence electrons. The van der Waals surface area contributed by atoms with Gasteiger partial charge in [0.1, 0.15) is 12.3 Å². The molecule has 0 radical (unpaired) electrons. The van der Waals surface area contributed by atoms with Crippen LogP contribution in [-0.4, -0.2) is 37.0 Å². The van der Waals surface area contributed by atoms with Crippen molar-refractivity contribution < 1.29 is 14.3 Å². The Balaban J connectivity index is 1.57. The molecule has 0 bridgehead atoms. The number of amides is 3. The topological polar surface area (TPSA) is 49.9 Å². The molecule has 0 N–H and O–H groups in total. The lowest BCUT2D eigenvalue weighted by atomic mass is 10.1. The first-order chi connectivity index (χ1) is 13.1. The Morgan fingerprint density at radius 3 is 1.93 bits per heavy atom. The highest BCUT2D eigenvalue weighted by atomic mass is 16.5. The first kappa shape index (κ1) is 21.3. The van der Waals surface area contributed by atoms with Crippen LogP contribution < -0.4 is 9.64 Å². The minimum Gasteiger partial charge on any atom is -0.494 e. The Labute approximate surface area is 163 Å². The Bertz CT molecular complexity index is 586. The number of imide groups is 1. The zero-order chi connectivity index (χ0) is 19.5. The number of hydrogen-bond acceptors (Lipinski definition) is 3. The number of likely N-dealkylation sites (N-methyl/N-ethyl adjacent to an activating group) is 1. The van der Waals surface area contributed by atoms with E-state index in [1.165, 1.54) is 67.6 Å². The van der Waals surface area contributed by atoms with Crippen molar-refractivity contribution in [3.8, 4) is 5.75 Å². The molecule has 1 saturated heterocycles. The van der Waals surface area contributed by atoms with Crippen LogP contribution in [0.3, 0.4) is 0 Å². The van der Waals surface area contributed by atoms with Gasteiger partial charge >= 0.3 is 6.03 Å². The van der Waals surface area contributed by atoms with Crippen molar-refractivity contribution in [2.45, 2.75) is 71.1 Å². The summed E-state index contributed by atoms with van der Waals surface area (Å²) >= 11 is 0. The van der Waals surface area contributed by atoms with Gasteiger partial charge in [0, 0.05) is 7.05 Å². The van der Waals surface area contributed by atoms with Gasteiger partial charge in [-0.25, -0.2) is 9.69 Å². The van der Waals surface area contributed by atoms with Crippen molar-refractivity contribution in [3.63, 3.8) is 0 Å². The molecule has 0 spiro atoms. The molecular weight excluding hydrogens is 340 g/mol. The molecule has 1 aromatic rings. The number of urea groups is 1. The molecule has 0 atom stereocenters. The lowest BCUT2D eigenvalue weighted by Gasteiger charge is -2.14. The summed E-state index contributed by atoms with van der Waals surface area (Å²) in [6.45, 7) is 3.10. The van der Waals surface area contributed by atoms with Gasteiger partial charge in [0.2, 0.25) is 0 Å². The molecule has 1 aliphatic rings. The number of nitrogens with zero attached hydrogens (tertiary/aromatic N) is 2. The standard InChI is InChI=1S/C22H34N2O3/c1-3-4-5-6-7-8-9-10-11-12-17-27-20-15-13-19(14-16-20)24-21(25)18-23(2)22(24)26/h13-16H,3-12,17-18H2,1-2H3. The largest absolute Gasteiger partial charge is 0.494 e. The van der Waals surface area contributed by atoms with E-state index in [0.29, 0.717) is 12.3 Å². The van der Waals surface area contributed by atoms with Gasteiger partial charge in [-0.3, -0.25) is 4.79 Å². The van der Waals surface area contributed by atoms with Crippen molar-refractivity contribution in [2.24, 2.45) is 0 Å². The third-order valence-corrected chi connectivity index (χ3v) is 5.00. The van der Waals surface area contributed by atoms with E-state index in [1.807, 2.05) is 12.1 Å². The van der Waals surface area contributed by atoms with Gasteiger partial charge in [-0.05, 0) is 30.7 Å². The first-order valence-corrected chi connectivity index (χ1v) is 10.4. The molecule has 0 saturated carbocycles. The van der Waals surface area contributed by atoms with Crippen LogP contribution in [0.4, 0.5) is 10.5 Å². The van der Waals surface area contributed by atoms with E-state index in [2.05, 4.69) is 6.92 Å². The SMILES string of the molecule is CCCCCCCCCCCCOc1ccc(N2C(=O)CN(C)C2=O)cc1. The molecule has 5 nitrogen and oxygen atoms in total. The maximum absolute atomic E-state index is 12.0. The van der Waals surface area contributed by atoms with Crippen LogP contribution in [0, 0.1) is 0 Å². The van der Waals surface area contributed by atoms with E-state index in [4.69, 9.17) is 4.74 Å². The average molecular weight is 375 g/mol. The fourth-order valence-corrected chi connectivity index (χ4v) is 3.34. The lowest BCUT2D eigenvalue weighted by Crippen LogP contribution is -2.31. The summed E-state index contributed by atoms with van der Waals surface area (Å²) in [6, 6.07) is 6.90. The van der Waals surface area contributed by atoms with E-state index in [9.17, 15) is 9.59 Å². The first-order valence-electron chi connectivity index (χ1n) is 10.4. The van der Waals surface area contributed by atoms with Gasteiger partial charge < -0.3 is 9.64 Å². The fourth-order valence-electron chi connectivity index (χ4n) is 3.34. The Morgan fingerprint density at radius 1 is 0.852 bits per heavy atom. The minimum absolute atomic E-state index is 0.135. The number of carbonyl (C=O) groups excluding carboxylic acids is 2.